The first-order valence-corrected chi connectivity index (χ1v) is 8.26. The molecule has 0 radical (unpaired) electrons. The molecule has 0 aliphatic carbocycles. The van der Waals surface area contributed by atoms with Crippen molar-refractivity contribution in [3.8, 4) is 5.75 Å². The van der Waals surface area contributed by atoms with Gasteiger partial charge in [0, 0.05) is 6.54 Å². The summed E-state index contributed by atoms with van der Waals surface area (Å²) in [7, 11) is 1.31. The number of alkyl halides is 3. The highest BCUT2D eigenvalue weighted by atomic mass is 19.4. The lowest BCUT2D eigenvalue weighted by Crippen LogP contribution is -2.38. The molecule has 0 heterocycles. The Hall–Kier alpha value is -3.10. The molecule has 9 heteroatoms. The molecule has 2 rings (SSSR count). The first-order valence-electron chi connectivity index (χ1n) is 8.26. The molecule has 28 heavy (non-hydrogen) atoms. The third kappa shape index (κ3) is 4.99. The molecule has 1 N–H and O–H groups in total. The molecule has 0 atom stereocenters. The molecule has 0 aromatic heterocycles. The maximum Gasteiger partial charge on any atom is 0.418 e. The van der Waals surface area contributed by atoms with Crippen molar-refractivity contribution in [1.82, 2.24) is 4.90 Å². The van der Waals surface area contributed by atoms with Crippen molar-refractivity contribution < 1.29 is 31.9 Å². The monoisotopic (exact) mass is 398 g/mol. The quantitative estimate of drug-likeness (QED) is 0.750. The highest BCUT2D eigenvalue weighted by molar-refractivity contribution is 6.01. The van der Waals surface area contributed by atoms with Crippen LogP contribution in [0.2, 0.25) is 0 Å². The highest BCUT2D eigenvalue weighted by Gasteiger charge is 2.33. The summed E-state index contributed by atoms with van der Waals surface area (Å²) in [5.41, 5.74) is -1.50. The van der Waals surface area contributed by atoms with E-state index in [1.165, 1.54) is 25.3 Å². The Morgan fingerprint density at radius 1 is 1.14 bits per heavy atom. The summed E-state index contributed by atoms with van der Waals surface area (Å²) >= 11 is 0. The number of carbonyl (C=O) groups is 2. The van der Waals surface area contributed by atoms with Gasteiger partial charge < -0.3 is 15.0 Å². The standard InChI is InChI=1S/C19H18F4N2O3/c1-3-25(18(27)13-10-12(20)8-9-16(13)28-2)11-17(26)24-15-7-5-4-6-14(15)19(21,22)23/h4-10H,3,11H2,1-2H3,(H,24,26). The molecule has 0 fully saturated rings. The molecule has 0 aliphatic rings. The van der Waals surface area contributed by atoms with Crippen LogP contribution < -0.4 is 10.1 Å². The van der Waals surface area contributed by atoms with Gasteiger partial charge in [-0.25, -0.2) is 4.39 Å². The van der Waals surface area contributed by atoms with E-state index in [0.717, 1.165) is 29.2 Å². The van der Waals surface area contributed by atoms with E-state index in [4.69, 9.17) is 4.74 Å². The zero-order valence-corrected chi connectivity index (χ0v) is 15.1. The van der Waals surface area contributed by atoms with Crippen molar-refractivity contribution in [2.45, 2.75) is 13.1 Å². The predicted octanol–water partition coefficient (Wildman–Crippen LogP) is 3.95. The Labute approximate surface area is 158 Å². The second-order valence-corrected chi connectivity index (χ2v) is 5.76. The molecule has 2 aromatic carbocycles. The Morgan fingerprint density at radius 3 is 2.43 bits per heavy atom. The number of benzene rings is 2. The minimum atomic E-state index is -4.64. The number of rotatable bonds is 6. The van der Waals surface area contributed by atoms with Gasteiger partial charge in [0.1, 0.15) is 18.1 Å². The molecule has 150 valence electrons. The molecule has 0 unspecified atom stereocenters. The minimum absolute atomic E-state index is 0.0762. The SMILES string of the molecule is CCN(CC(=O)Nc1ccccc1C(F)(F)F)C(=O)c1cc(F)ccc1OC. The molecule has 2 amide bonds. The first-order chi connectivity index (χ1) is 13.2. The van der Waals surface area contributed by atoms with Gasteiger partial charge in [-0.3, -0.25) is 9.59 Å². The van der Waals surface area contributed by atoms with Crippen LogP contribution in [0, 0.1) is 5.82 Å². The molecule has 5 nitrogen and oxygen atoms in total. The first kappa shape index (κ1) is 21.2. The summed E-state index contributed by atoms with van der Waals surface area (Å²) in [5, 5.41) is 2.17. The van der Waals surface area contributed by atoms with Gasteiger partial charge in [-0.05, 0) is 37.3 Å². The lowest BCUT2D eigenvalue weighted by Gasteiger charge is -2.22. The van der Waals surface area contributed by atoms with Gasteiger partial charge in [-0.1, -0.05) is 12.1 Å². The summed E-state index contributed by atoms with van der Waals surface area (Å²) in [6, 6.07) is 7.88. The number of hydrogen-bond acceptors (Lipinski definition) is 3. The van der Waals surface area contributed by atoms with Crippen LogP contribution in [0.25, 0.3) is 0 Å². The minimum Gasteiger partial charge on any atom is -0.496 e. The maximum atomic E-state index is 13.5. The van der Waals surface area contributed by atoms with Crippen molar-refractivity contribution in [2.24, 2.45) is 0 Å². The van der Waals surface area contributed by atoms with Crippen LogP contribution in [0.15, 0.2) is 42.5 Å². The lowest BCUT2D eigenvalue weighted by molar-refractivity contribution is -0.137. The van der Waals surface area contributed by atoms with Crippen molar-refractivity contribution >= 4 is 17.5 Å². The van der Waals surface area contributed by atoms with Crippen molar-refractivity contribution in [3.05, 3.63) is 59.4 Å². The number of hydrogen-bond donors (Lipinski definition) is 1. The molecule has 2 aromatic rings. The van der Waals surface area contributed by atoms with Gasteiger partial charge in [-0.2, -0.15) is 13.2 Å². The highest BCUT2D eigenvalue weighted by Crippen LogP contribution is 2.34. The predicted molar refractivity (Wildman–Crippen MR) is 94.6 cm³/mol. The van der Waals surface area contributed by atoms with Gasteiger partial charge in [0.2, 0.25) is 5.91 Å². The Balaban J connectivity index is 2.19. The third-order valence-corrected chi connectivity index (χ3v) is 3.90. The van der Waals surface area contributed by atoms with E-state index in [1.807, 2.05) is 0 Å². The number of halogens is 4. The average Bonchev–Trinajstić information content (AvgIpc) is 2.65. The van der Waals surface area contributed by atoms with Gasteiger partial charge in [0.05, 0.1) is 23.9 Å². The lowest BCUT2D eigenvalue weighted by atomic mass is 10.1. The molecular formula is C19H18F4N2O3. The summed E-state index contributed by atoms with van der Waals surface area (Å²) in [6.45, 7) is 1.15. The number of methoxy groups -OCH3 is 1. The Morgan fingerprint density at radius 2 is 1.82 bits per heavy atom. The second kappa shape index (κ2) is 8.73. The Bertz CT molecular complexity index is 868. The Kier molecular flexibility index (Phi) is 6.61. The number of ether oxygens (including phenoxy) is 1. The molecule has 0 bridgehead atoms. The third-order valence-electron chi connectivity index (χ3n) is 3.90. The number of anilines is 1. The maximum absolute atomic E-state index is 13.5. The molecule has 0 saturated heterocycles. The number of likely N-dealkylation sites (N-methyl/N-ethyl adjacent to an activating group) is 1. The molecule has 0 saturated carbocycles. The van der Waals surface area contributed by atoms with Crippen LogP contribution in [-0.2, 0) is 11.0 Å². The molecule has 0 spiro atoms. The van der Waals surface area contributed by atoms with Gasteiger partial charge >= 0.3 is 6.18 Å². The normalized spacial score (nSPS) is 11.1. The summed E-state index contributed by atoms with van der Waals surface area (Å²) in [5.74, 6) is -2.04. The van der Waals surface area contributed by atoms with Crippen LogP contribution in [-0.4, -0.2) is 36.9 Å². The zero-order valence-electron chi connectivity index (χ0n) is 15.1. The molecule has 0 aliphatic heterocycles. The second-order valence-electron chi connectivity index (χ2n) is 5.76. The van der Waals surface area contributed by atoms with Crippen LogP contribution in [0.1, 0.15) is 22.8 Å². The van der Waals surface area contributed by atoms with E-state index >= 15 is 0 Å². The number of nitrogens with zero attached hydrogens (tertiary/aromatic N) is 1. The van der Waals surface area contributed by atoms with Crippen molar-refractivity contribution in [2.75, 3.05) is 25.5 Å². The van der Waals surface area contributed by atoms with Gasteiger partial charge in [0.15, 0.2) is 0 Å². The average molecular weight is 398 g/mol. The zero-order chi connectivity index (χ0) is 20.9. The van der Waals surface area contributed by atoms with Gasteiger partial charge in [0.25, 0.3) is 5.91 Å². The van der Waals surface area contributed by atoms with E-state index in [0.29, 0.717) is 0 Å². The van der Waals surface area contributed by atoms with E-state index in [1.54, 1.807) is 6.92 Å². The number of carbonyl (C=O) groups excluding carboxylic acids is 2. The number of para-hydroxylation sites is 1. The summed E-state index contributed by atoms with van der Waals surface area (Å²) < 4.78 is 57.6. The smallest absolute Gasteiger partial charge is 0.418 e. The topological polar surface area (TPSA) is 58.6 Å². The van der Waals surface area contributed by atoms with E-state index < -0.39 is 41.6 Å². The fourth-order valence-electron chi connectivity index (χ4n) is 2.55. The molecular weight excluding hydrogens is 380 g/mol. The van der Waals surface area contributed by atoms with Crippen LogP contribution in [0.3, 0.4) is 0 Å². The van der Waals surface area contributed by atoms with Crippen LogP contribution in [0.4, 0.5) is 23.2 Å². The number of nitrogens with one attached hydrogen (secondary N) is 1. The largest absolute Gasteiger partial charge is 0.496 e. The fourth-order valence-corrected chi connectivity index (χ4v) is 2.55. The summed E-state index contributed by atoms with van der Waals surface area (Å²) in [4.78, 5) is 26.0. The van der Waals surface area contributed by atoms with Crippen molar-refractivity contribution in [3.63, 3.8) is 0 Å². The van der Waals surface area contributed by atoms with Gasteiger partial charge in [-0.15, -0.1) is 0 Å². The van der Waals surface area contributed by atoms with Crippen molar-refractivity contribution in [1.29, 1.82) is 0 Å². The number of amides is 2. The fraction of sp³-hybridized carbons (Fsp3) is 0.263. The van der Waals surface area contributed by atoms with Crippen LogP contribution in [0.5, 0.6) is 5.75 Å². The van der Waals surface area contributed by atoms with Crippen LogP contribution >= 0.6 is 0 Å². The van der Waals surface area contributed by atoms with E-state index in [-0.39, 0.29) is 17.9 Å². The summed E-state index contributed by atoms with van der Waals surface area (Å²) in [6.07, 6.45) is -4.64. The van der Waals surface area contributed by atoms with E-state index in [2.05, 4.69) is 5.32 Å². The van der Waals surface area contributed by atoms with E-state index in [9.17, 15) is 27.2 Å².